The number of sulfonamides is 1. The zero-order chi connectivity index (χ0) is 13.8. The summed E-state index contributed by atoms with van der Waals surface area (Å²) >= 11 is 0. The van der Waals surface area contributed by atoms with Crippen molar-refractivity contribution in [2.75, 3.05) is 6.54 Å². The zero-order valence-electron chi connectivity index (χ0n) is 9.79. The van der Waals surface area contributed by atoms with Gasteiger partial charge in [-0.05, 0) is 25.0 Å². The molecule has 1 aromatic carbocycles. The molecule has 1 N–H and O–H groups in total. The zero-order valence-corrected chi connectivity index (χ0v) is 10.6. The standard InChI is InChI=1S/C11H14F3NO2S/c1-9-5-2-3-6-10(9)18(16,17)15-8-4-7-11(12,13)14/h2-3,5-6,15H,4,7-8H2,1H3. The molecule has 0 radical (unpaired) electrons. The molecule has 3 nitrogen and oxygen atoms in total. The second-order valence-corrected chi connectivity index (χ2v) is 5.62. The highest BCUT2D eigenvalue weighted by molar-refractivity contribution is 7.89. The molecular formula is C11H14F3NO2S. The summed E-state index contributed by atoms with van der Waals surface area (Å²) in [5, 5.41) is 0. The van der Waals surface area contributed by atoms with Gasteiger partial charge in [-0.15, -0.1) is 0 Å². The highest BCUT2D eigenvalue weighted by atomic mass is 32.2. The van der Waals surface area contributed by atoms with Crippen molar-refractivity contribution < 1.29 is 21.6 Å². The quantitative estimate of drug-likeness (QED) is 0.843. The van der Waals surface area contributed by atoms with Crippen LogP contribution in [0.5, 0.6) is 0 Å². The Morgan fingerprint density at radius 3 is 2.39 bits per heavy atom. The molecule has 0 heterocycles. The van der Waals surface area contributed by atoms with E-state index in [2.05, 4.69) is 4.72 Å². The Morgan fingerprint density at radius 2 is 1.83 bits per heavy atom. The predicted octanol–water partition coefficient (Wildman–Crippen LogP) is 2.62. The van der Waals surface area contributed by atoms with Crippen molar-refractivity contribution in [3.05, 3.63) is 29.8 Å². The summed E-state index contributed by atoms with van der Waals surface area (Å²) in [5.74, 6) is 0. The van der Waals surface area contributed by atoms with Gasteiger partial charge in [-0.3, -0.25) is 0 Å². The van der Waals surface area contributed by atoms with Gasteiger partial charge in [0.2, 0.25) is 10.0 Å². The minimum absolute atomic E-state index is 0.0945. The smallest absolute Gasteiger partial charge is 0.211 e. The first-order chi connectivity index (χ1) is 8.22. The minimum Gasteiger partial charge on any atom is -0.211 e. The van der Waals surface area contributed by atoms with E-state index < -0.39 is 22.6 Å². The molecule has 0 spiro atoms. The molecule has 0 saturated carbocycles. The van der Waals surface area contributed by atoms with E-state index in [-0.39, 0.29) is 17.9 Å². The monoisotopic (exact) mass is 281 g/mol. The van der Waals surface area contributed by atoms with Crippen LogP contribution in [0.25, 0.3) is 0 Å². The summed E-state index contributed by atoms with van der Waals surface area (Å²) < 4.78 is 61.4. The van der Waals surface area contributed by atoms with Gasteiger partial charge in [-0.1, -0.05) is 18.2 Å². The number of alkyl halides is 3. The van der Waals surface area contributed by atoms with Gasteiger partial charge in [0.05, 0.1) is 4.90 Å². The van der Waals surface area contributed by atoms with E-state index in [0.29, 0.717) is 5.56 Å². The van der Waals surface area contributed by atoms with Crippen molar-refractivity contribution in [1.82, 2.24) is 4.72 Å². The van der Waals surface area contributed by atoms with Gasteiger partial charge in [0.25, 0.3) is 0 Å². The van der Waals surface area contributed by atoms with E-state index in [4.69, 9.17) is 0 Å². The summed E-state index contributed by atoms with van der Waals surface area (Å²) in [5.41, 5.74) is 0.556. The van der Waals surface area contributed by atoms with Crippen molar-refractivity contribution in [1.29, 1.82) is 0 Å². The molecule has 0 aliphatic heterocycles. The molecule has 0 atom stereocenters. The first kappa shape index (κ1) is 15.0. The van der Waals surface area contributed by atoms with E-state index in [1.165, 1.54) is 6.07 Å². The molecule has 18 heavy (non-hydrogen) atoms. The van der Waals surface area contributed by atoms with Gasteiger partial charge in [0, 0.05) is 13.0 Å². The Bertz CT molecular complexity index is 497. The van der Waals surface area contributed by atoms with E-state index in [0.717, 1.165) is 0 Å². The van der Waals surface area contributed by atoms with Gasteiger partial charge in [0.1, 0.15) is 0 Å². The SMILES string of the molecule is Cc1ccccc1S(=O)(=O)NCCCC(F)(F)F. The maximum absolute atomic E-state index is 11.9. The summed E-state index contributed by atoms with van der Waals surface area (Å²) in [7, 11) is -3.73. The first-order valence-electron chi connectivity index (χ1n) is 5.34. The first-order valence-corrected chi connectivity index (χ1v) is 6.83. The molecular weight excluding hydrogens is 267 g/mol. The van der Waals surface area contributed by atoms with Crippen LogP contribution < -0.4 is 4.72 Å². The predicted molar refractivity (Wildman–Crippen MR) is 61.7 cm³/mol. The van der Waals surface area contributed by atoms with Crippen molar-refractivity contribution in [2.24, 2.45) is 0 Å². The fraction of sp³-hybridized carbons (Fsp3) is 0.455. The lowest BCUT2D eigenvalue weighted by molar-refractivity contribution is -0.135. The van der Waals surface area contributed by atoms with E-state index in [1.54, 1.807) is 25.1 Å². The second kappa shape index (κ2) is 5.71. The number of hydrogen-bond donors (Lipinski definition) is 1. The van der Waals surface area contributed by atoms with Crippen LogP contribution in [0.4, 0.5) is 13.2 Å². The molecule has 1 rings (SSSR count). The van der Waals surface area contributed by atoms with E-state index >= 15 is 0 Å². The molecule has 0 aliphatic carbocycles. The molecule has 0 unspecified atom stereocenters. The Hall–Kier alpha value is -1.08. The van der Waals surface area contributed by atoms with E-state index in [9.17, 15) is 21.6 Å². The molecule has 0 fully saturated rings. The largest absolute Gasteiger partial charge is 0.389 e. The molecule has 0 aromatic heterocycles. The van der Waals surface area contributed by atoms with Crippen molar-refractivity contribution in [3.63, 3.8) is 0 Å². The molecule has 0 saturated heterocycles. The lowest BCUT2D eigenvalue weighted by atomic mass is 10.2. The topological polar surface area (TPSA) is 46.2 Å². The lowest BCUT2D eigenvalue weighted by Gasteiger charge is -2.10. The lowest BCUT2D eigenvalue weighted by Crippen LogP contribution is -2.26. The number of benzene rings is 1. The Kier molecular flexibility index (Phi) is 4.75. The van der Waals surface area contributed by atoms with Crippen LogP contribution in [0.2, 0.25) is 0 Å². The normalized spacial score (nSPS) is 12.7. The van der Waals surface area contributed by atoms with Gasteiger partial charge in [-0.2, -0.15) is 13.2 Å². The van der Waals surface area contributed by atoms with Gasteiger partial charge in [-0.25, -0.2) is 13.1 Å². The van der Waals surface area contributed by atoms with Crippen molar-refractivity contribution in [2.45, 2.75) is 30.8 Å². The Balaban J connectivity index is 2.59. The number of halogens is 3. The maximum Gasteiger partial charge on any atom is 0.389 e. The fourth-order valence-electron chi connectivity index (χ4n) is 1.43. The second-order valence-electron chi connectivity index (χ2n) is 3.88. The third-order valence-corrected chi connectivity index (χ3v) is 3.93. The van der Waals surface area contributed by atoms with Gasteiger partial charge < -0.3 is 0 Å². The Labute approximate surface area is 104 Å². The number of rotatable bonds is 5. The van der Waals surface area contributed by atoms with Crippen LogP contribution in [-0.2, 0) is 10.0 Å². The van der Waals surface area contributed by atoms with Gasteiger partial charge >= 0.3 is 6.18 Å². The Morgan fingerprint density at radius 1 is 1.22 bits per heavy atom. The maximum atomic E-state index is 11.9. The molecule has 0 aliphatic rings. The summed E-state index contributed by atoms with van der Waals surface area (Å²) in [6.45, 7) is 1.40. The summed E-state index contributed by atoms with van der Waals surface area (Å²) in [6, 6.07) is 6.31. The van der Waals surface area contributed by atoms with Crippen molar-refractivity contribution in [3.8, 4) is 0 Å². The number of aryl methyl sites for hydroxylation is 1. The van der Waals surface area contributed by atoms with Crippen LogP contribution in [0, 0.1) is 6.92 Å². The highest BCUT2D eigenvalue weighted by Crippen LogP contribution is 2.21. The van der Waals surface area contributed by atoms with Crippen LogP contribution in [-0.4, -0.2) is 21.1 Å². The molecule has 102 valence electrons. The average Bonchev–Trinajstić information content (AvgIpc) is 2.24. The van der Waals surface area contributed by atoms with Crippen LogP contribution in [0.1, 0.15) is 18.4 Å². The molecule has 1 aromatic rings. The summed E-state index contributed by atoms with van der Waals surface area (Å²) in [4.78, 5) is 0.0945. The third kappa shape index (κ3) is 4.66. The van der Waals surface area contributed by atoms with Crippen LogP contribution >= 0.6 is 0 Å². The highest BCUT2D eigenvalue weighted by Gasteiger charge is 2.26. The fourth-order valence-corrected chi connectivity index (χ4v) is 2.75. The van der Waals surface area contributed by atoms with Crippen LogP contribution in [0.3, 0.4) is 0 Å². The minimum atomic E-state index is -4.26. The van der Waals surface area contributed by atoms with Crippen molar-refractivity contribution >= 4 is 10.0 Å². The summed E-state index contributed by atoms with van der Waals surface area (Å²) in [6.07, 6.45) is -5.52. The molecule has 0 amide bonds. The molecule has 7 heteroatoms. The third-order valence-electron chi connectivity index (χ3n) is 2.31. The van der Waals surface area contributed by atoms with Crippen LogP contribution in [0.15, 0.2) is 29.2 Å². The van der Waals surface area contributed by atoms with Gasteiger partial charge in [0.15, 0.2) is 0 Å². The van der Waals surface area contributed by atoms with E-state index in [1.807, 2.05) is 0 Å². The number of nitrogens with one attached hydrogen (secondary N) is 1. The average molecular weight is 281 g/mol. The number of hydrogen-bond acceptors (Lipinski definition) is 2. The molecule has 0 bridgehead atoms.